The number of hydrazone groups is 1. The molecule has 0 radical (unpaired) electrons. The van der Waals surface area contributed by atoms with Crippen molar-refractivity contribution in [3.05, 3.63) is 62.0 Å². The minimum Gasteiger partial charge on any atom is -0.459 e. The topological polar surface area (TPSA) is 97.7 Å². The highest BCUT2D eigenvalue weighted by Gasteiger charge is 2.10. The first-order valence-corrected chi connectivity index (χ1v) is 6.60. The highest BCUT2D eigenvalue weighted by Crippen LogP contribution is 2.19. The zero-order valence-corrected chi connectivity index (χ0v) is 12.5. The monoisotopic (exact) mass is 351 g/mol. The smallest absolute Gasteiger partial charge is 0.271 e. The van der Waals surface area contributed by atoms with Gasteiger partial charge in [-0.05, 0) is 28.9 Å². The summed E-state index contributed by atoms with van der Waals surface area (Å²) in [5.41, 5.74) is 2.27. The van der Waals surface area contributed by atoms with Crippen LogP contribution in [0.15, 0.2) is 44.3 Å². The molecule has 0 aliphatic heterocycles. The number of nitrogens with zero attached hydrogens (tertiary/aromatic N) is 2. The molecule has 1 aromatic heterocycles. The number of aryl methyl sites for hydroxylation is 1. The molecule has 1 heterocycles. The van der Waals surface area contributed by atoms with E-state index in [-0.39, 0.29) is 11.3 Å². The number of carbonyl (C=O) groups is 1. The van der Waals surface area contributed by atoms with Crippen LogP contribution in [0.3, 0.4) is 0 Å². The SMILES string of the molecule is Cc1oc(/C=N\NC(=O)c2cccc([N+](=O)[O-])c2)cc1Br. The average molecular weight is 352 g/mol. The Kier molecular flexibility index (Phi) is 4.49. The molecular weight excluding hydrogens is 342 g/mol. The Morgan fingerprint density at radius 1 is 1.48 bits per heavy atom. The number of amides is 1. The highest BCUT2D eigenvalue weighted by atomic mass is 79.9. The van der Waals surface area contributed by atoms with E-state index in [9.17, 15) is 14.9 Å². The van der Waals surface area contributed by atoms with E-state index in [1.807, 2.05) is 0 Å². The Hall–Kier alpha value is -2.48. The first-order chi connectivity index (χ1) is 9.97. The molecule has 8 heteroatoms. The summed E-state index contributed by atoms with van der Waals surface area (Å²) < 4.78 is 6.12. The zero-order valence-electron chi connectivity index (χ0n) is 10.9. The van der Waals surface area contributed by atoms with Gasteiger partial charge in [-0.1, -0.05) is 6.07 Å². The number of halogens is 1. The largest absolute Gasteiger partial charge is 0.459 e. The number of hydrogen-bond donors (Lipinski definition) is 1. The molecule has 1 N–H and O–H groups in total. The maximum absolute atomic E-state index is 11.8. The van der Waals surface area contributed by atoms with Gasteiger partial charge in [0, 0.05) is 23.8 Å². The predicted molar refractivity (Wildman–Crippen MR) is 79.3 cm³/mol. The van der Waals surface area contributed by atoms with Crippen LogP contribution in [-0.2, 0) is 0 Å². The number of hydrogen-bond acceptors (Lipinski definition) is 5. The highest BCUT2D eigenvalue weighted by molar-refractivity contribution is 9.10. The Balaban J connectivity index is 2.04. The molecule has 0 spiro atoms. The third-order valence-electron chi connectivity index (χ3n) is 2.55. The quantitative estimate of drug-likeness (QED) is 0.519. The summed E-state index contributed by atoms with van der Waals surface area (Å²) in [6.07, 6.45) is 1.34. The molecule has 1 aromatic carbocycles. The molecule has 0 saturated heterocycles. The van der Waals surface area contributed by atoms with Gasteiger partial charge >= 0.3 is 0 Å². The second-order valence-corrected chi connectivity index (χ2v) is 4.91. The van der Waals surface area contributed by atoms with Gasteiger partial charge in [0.15, 0.2) is 0 Å². The minimum absolute atomic E-state index is 0.151. The summed E-state index contributed by atoms with van der Waals surface area (Å²) in [6.45, 7) is 1.78. The fourth-order valence-corrected chi connectivity index (χ4v) is 1.83. The van der Waals surface area contributed by atoms with Crippen molar-refractivity contribution in [2.24, 2.45) is 5.10 Å². The number of carbonyl (C=O) groups excluding carboxylic acids is 1. The number of furan rings is 1. The van der Waals surface area contributed by atoms with Crippen LogP contribution in [0.1, 0.15) is 21.9 Å². The molecule has 2 rings (SSSR count). The minimum atomic E-state index is -0.566. The number of nitro groups is 1. The second-order valence-electron chi connectivity index (χ2n) is 4.06. The van der Waals surface area contributed by atoms with Gasteiger partial charge in [0.25, 0.3) is 11.6 Å². The van der Waals surface area contributed by atoms with Crippen molar-refractivity contribution in [1.82, 2.24) is 5.43 Å². The molecule has 0 saturated carbocycles. The van der Waals surface area contributed by atoms with Crippen LogP contribution in [-0.4, -0.2) is 17.0 Å². The van der Waals surface area contributed by atoms with Gasteiger partial charge in [0.2, 0.25) is 0 Å². The van der Waals surface area contributed by atoms with Gasteiger partial charge < -0.3 is 4.42 Å². The van der Waals surface area contributed by atoms with Gasteiger partial charge in [-0.15, -0.1) is 0 Å². The molecule has 0 aliphatic carbocycles. The third-order valence-corrected chi connectivity index (χ3v) is 3.34. The van der Waals surface area contributed by atoms with Crippen LogP contribution < -0.4 is 5.43 Å². The van der Waals surface area contributed by atoms with Crippen LogP contribution in [0.25, 0.3) is 0 Å². The van der Waals surface area contributed by atoms with Crippen LogP contribution in [0.4, 0.5) is 5.69 Å². The lowest BCUT2D eigenvalue weighted by molar-refractivity contribution is -0.384. The van der Waals surface area contributed by atoms with Crippen molar-refractivity contribution in [2.45, 2.75) is 6.92 Å². The van der Waals surface area contributed by atoms with Crippen molar-refractivity contribution in [3.8, 4) is 0 Å². The molecule has 21 heavy (non-hydrogen) atoms. The molecule has 0 aliphatic rings. The normalized spacial score (nSPS) is 10.8. The third kappa shape index (κ3) is 3.76. The van der Waals surface area contributed by atoms with E-state index >= 15 is 0 Å². The van der Waals surface area contributed by atoms with E-state index in [0.29, 0.717) is 11.5 Å². The van der Waals surface area contributed by atoms with E-state index in [2.05, 4.69) is 26.5 Å². The van der Waals surface area contributed by atoms with Crippen molar-refractivity contribution >= 4 is 33.7 Å². The maximum atomic E-state index is 11.8. The number of non-ortho nitro benzene ring substituents is 1. The van der Waals surface area contributed by atoms with Gasteiger partial charge in [-0.3, -0.25) is 14.9 Å². The summed E-state index contributed by atoms with van der Waals surface area (Å²) in [4.78, 5) is 21.9. The van der Waals surface area contributed by atoms with Crippen molar-refractivity contribution in [2.75, 3.05) is 0 Å². The molecule has 0 bridgehead atoms. The van der Waals surface area contributed by atoms with Crippen LogP contribution in [0.5, 0.6) is 0 Å². The van der Waals surface area contributed by atoms with Crippen LogP contribution in [0.2, 0.25) is 0 Å². The summed E-state index contributed by atoms with van der Waals surface area (Å²) >= 11 is 3.29. The Labute approximate surface area is 127 Å². The van der Waals surface area contributed by atoms with Crippen molar-refractivity contribution in [1.29, 1.82) is 0 Å². The van der Waals surface area contributed by atoms with Gasteiger partial charge in [-0.2, -0.15) is 5.10 Å². The molecule has 108 valence electrons. The molecule has 1 amide bonds. The number of nitro benzene ring substituents is 1. The summed E-state index contributed by atoms with van der Waals surface area (Å²) in [5.74, 6) is 0.623. The first kappa shape index (κ1) is 14.9. The fraction of sp³-hybridized carbons (Fsp3) is 0.0769. The lowest BCUT2D eigenvalue weighted by atomic mass is 10.2. The molecule has 7 nitrogen and oxygen atoms in total. The summed E-state index contributed by atoms with van der Waals surface area (Å²) in [5, 5.41) is 14.4. The van der Waals surface area contributed by atoms with E-state index in [4.69, 9.17) is 4.42 Å². The van der Waals surface area contributed by atoms with Gasteiger partial charge in [0.05, 0.1) is 15.6 Å². The molecule has 0 atom stereocenters. The molecular formula is C13H10BrN3O4. The Morgan fingerprint density at radius 3 is 2.86 bits per heavy atom. The van der Waals surface area contributed by atoms with Gasteiger partial charge in [-0.25, -0.2) is 5.43 Å². The van der Waals surface area contributed by atoms with E-state index < -0.39 is 10.8 Å². The first-order valence-electron chi connectivity index (χ1n) is 5.81. The number of benzene rings is 1. The fourth-order valence-electron chi connectivity index (χ4n) is 1.52. The maximum Gasteiger partial charge on any atom is 0.271 e. The zero-order chi connectivity index (χ0) is 15.4. The van der Waals surface area contributed by atoms with Crippen LogP contribution in [0, 0.1) is 17.0 Å². The standard InChI is InChI=1S/C13H10BrN3O4/c1-8-12(14)6-11(21-8)7-15-16-13(18)9-3-2-4-10(5-9)17(19)20/h2-7H,1H3,(H,16,18)/b15-7-. The van der Waals surface area contributed by atoms with E-state index in [1.54, 1.807) is 13.0 Å². The number of nitrogens with one attached hydrogen (secondary N) is 1. The van der Waals surface area contributed by atoms with Crippen LogP contribution >= 0.6 is 15.9 Å². The Morgan fingerprint density at radius 2 is 2.24 bits per heavy atom. The second kappa shape index (κ2) is 6.31. The predicted octanol–water partition coefficient (Wildman–Crippen LogP) is 3.02. The average Bonchev–Trinajstić information content (AvgIpc) is 2.77. The van der Waals surface area contributed by atoms with Crippen molar-refractivity contribution < 1.29 is 14.1 Å². The molecule has 2 aromatic rings. The summed E-state index contributed by atoms with van der Waals surface area (Å²) in [7, 11) is 0. The van der Waals surface area contributed by atoms with E-state index in [0.717, 1.165) is 4.47 Å². The molecule has 0 fully saturated rings. The lowest BCUT2D eigenvalue weighted by Gasteiger charge is -1.99. The molecule has 0 unspecified atom stereocenters. The van der Waals surface area contributed by atoms with Gasteiger partial charge in [0.1, 0.15) is 11.5 Å². The summed E-state index contributed by atoms with van der Waals surface area (Å²) in [6, 6.07) is 7.09. The van der Waals surface area contributed by atoms with Crippen molar-refractivity contribution in [3.63, 3.8) is 0 Å². The van der Waals surface area contributed by atoms with E-state index in [1.165, 1.54) is 30.5 Å². The number of rotatable bonds is 4. The Bertz CT molecular complexity index is 704. The lowest BCUT2D eigenvalue weighted by Crippen LogP contribution is -2.17.